The van der Waals surface area contributed by atoms with Crippen molar-refractivity contribution in [2.24, 2.45) is 0 Å². The zero-order valence-corrected chi connectivity index (χ0v) is 20.2. The Morgan fingerprint density at radius 2 is 1.74 bits per heavy atom. The Balaban J connectivity index is -0.000000225. The van der Waals surface area contributed by atoms with Gasteiger partial charge in [-0.05, 0) is 11.6 Å². The van der Waals surface area contributed by atoms with Gasteiger partial charge < -0.3 is 24.6 Å². The number of aromatic amines is 1. The largest absolute Gasteiger partial charge is 0.469 e. The standard InChI is InChI=1S/C11H11NO2.2CH3.3Y/c1-14-11(13)6-8-7-12-10-5-3-2-4-9(8)10;;;;;/h2-5,7,12H,6H2,1H3;2*1H3;;;/q;2*-1;;;. The zero-order valence-electron chi connectivity index (χ0n) is 11.6. The molecule has 3 nitrogen and oxygen atoms in total. The van der Waals surface area contributed by atoms with E-state index in [2.05, 4.69) is 9.72 Å². The fourth-order valence-electron chi connectivity index (χ4n) is 1.51. The summed E-state index contributed by atoms with van der Waals surface area (Å²) in [4.78, 5) is 14.2. The number of hydrogen-bond donors (Lipinski definition) is 1. The second kappa shape index (κ2) is 14.5. The molecule has 2 aromatic rings. The number of aromatic nitrogens is 1. The van der Waals surface area contributed by atoms with Crippen molar-refractivity contribution in [3.05, 3.63) is 50.9 Å². The smallest absolute Gasteiger partial charge is 0.310 e. The van der Waals surface area contributed by atoms with Crippen LogP contribution in [-0.4, -0.2) is 18.1 Å². The van der Waals surface area contributed by atoms with E-state index in [1.165, 1.54) is 7.11 Å². The first kappa shape index (κ1) is 28.7. The third kappa shape index (κ3) is 7.93. The van der Waals surface area contributed by atoms with Gasteiger partial charge in [-0.1, -0.05) is 18.2 Å². The van der Waals surface area contributed by atoms with Crippen LogP contribution in [0.3, 0.4) is 0 Å². The SMILES string of the molecule is COC(=O)Cc1c[nH]c2ccccc12.[CH3-].[CH3-].[Y].[Y].[Y]. The minimum absolute atomic E-state index is 0. The number of para-hydroxylation sites is 1. The predicted octanol–water partition coefficient (Wildman–Crippen LogP) is 2.78. The van der Waals surface area contributed by atoms with E-state index in [4.69, 9.17) is 0 Å². The molecular weight excluding hydrogens is 469 g/mol. The van der Waals surface area contributed by atoms with Crippen molar-refractivity contribution >= 4 is 16.9 Å². The number of carbonyl (C=O) groups is 1. The number of ether oxygens (including phenoxy) is 1. The van der Waals surface area contributed by atoms with Crippen LogP contribution in [0.2, 0.25) is 0 Å². The van der Waals surface area contributed by atoms with Crippen LogP contribution in [0.15, 0.2) is 30.5 Å². The summed E-state index contributed by atoms with van der Waals surface area (Å²) in [5.41, 5.74) is 2.03. The molecule has 0 bridgehead atoms. The molecule has 0 aliphatic heterocycles. The molecular formula is C13H17NO2Y3-2. The molecule has 2 rings (SSSR count). The maximum atomic E-state index is 11.1. The summed E-state index contributed by atoms with van der Waals surface area (Å²) in [6, 6.07) is 7.89. The molecule has 0 saturated heterocycles. The second-order valence-corrected chi connectivity index (χ2v) is 3.11. The Kier molecular flexibility index (Phi) is 21.8. The Morgan fingerprint density at radius 3 is 2.32 bits per heavy atom. The molecule has 1 N–H and O–H groups in total. The molecule has 0 spiro atoms. The first-order valence-electron chi connectivity index (χ1n) is 4.43. The summed E-state index contributed by atoms with van der Waals surface area (Å²) < 4.78 is 4.62. The molecule has 0 atom stereocenters. The van der Waals surface area contributed by atoms with Crippen LogP contribution in [0.1, 0.15) is 5.56 Å². The van der Waals surface area contributed by atoms with Gasteiger partial charge in [0.15, 0.2) is 0 Å². The van der Waals surface area contributed by atoms with Gasteiger partial charge in [-0.3, -0.25) is 4.79 Å². The first-order chi connectivity index (χ1) is 6.81. The van der Waals surface area contributed by atoms with Gasteiger partial charge in [0, 0.05) is 115 Å². The number of hydrogen-bond acceptors (Lipinski definition) is 2. The maximum absolute atomic E-state index is 11.1. The van der Waals surface area contributed by atoms with Crippen LogP contribution in [0.4, 0.5) is 0 Å². The Morgan fingerprint density at radius 1 is 1.16 bits per heavy atom. The predicted molar refractivity (Wildman–Crippen MR) is 66.8 cm³/mol. The van der Waals surface area contributed by atoms with E-state index < -0.39 is 0 Å². The van der Waals surface area contributed by atoms with Crippen molar-refractivity contribution in [2.75, 3.05) is 7.11 Å². The number of esters is 1. The van der Waals surface area contributed by atoms with Crippen LogP contribution in [0, 0.1) is 14.9 Å². The van der Waals surface area contributed by atoms with Crippen LogP contribution in [0.5, 0.6) is 0 Å². The van der Waals surface area contributed by atoms with Crippen LogP contribution in [0.25, 0.3) is 10.9 Å². The molecule has 97 valence electrons. The molecule has 1 aromatic heterocycles. The molecule has 0 aliphatic carbocycles. The van der Waals surface area contributed by atoms with Crippen molar-refractivity contribution in [3.8, 4) is 0 Å². The van der Waals surface area contributed by atoms with Gasteiger partial charge in [0.1, 0.15) is 0 Å². The van der Waals surface area contributed by atoms with E-state index >= 15 is 0 Å². The van der Waals surface area contributed by atoms with E-state index in [9.17, 15) is 4.79 Å². The maximum Gasteiger partial charge on any atom is 0.310 e. The van der Waals surface area contributed by atoms with E-state index in [1.54, 1.807) is 0 Å². The molecule has 6 heteroatoms. The summed E-state index contributed by atoms with van der Waals surface area (Å²) >= 11 is 0. The third-order valence-corrected chi connectivity index (χ3v) is 2.24. The normalized spacial score (nSPS) is 7.63. The van der Waals surface area contributed by atoms with Gasteiger partial charge in [-0.2, -0.15) is 0 Å². The number of benzene rings is 1. The Bertz CT molecular complexity index is 472. The minimum Gasteiger partial charge on any atom is -0.469 e. The van der Waals surface area contributed by atoms with Crippen LogP contribution in [-0.2, 0) is 114 Å². The molecule has 0 amide bonds. The van der Waals surface area contributed by atoms with Gasteiger partial charge >= 0.3 is 5.97 Å². The van der Waals surface area contributed by atoms with Crippen molar-refractivity contribution in [3.63, 3.8) is 0 Å². The number of H-pyrrole nitrogens is 1. The number of fused-ring (bicyclic) bond motifs is 1. The van der Waals surface area contributed by atoms with Gasteiger partial charge in [0.2, 0.25) is 0 Å². The third-order valence-electron chi connectivity index (χ3n) is 2.24. The molecule has 1 heterocycles. The summed E-state index contributed by atoms with van der Waals surface area (Å²) in [6.07, 6.45) is 2.17. The van der Waals surface area contributed by atoms with Gasteiger partial charge in [0.25, 0.3) is 0 Å². The molecule has 0 unspecified atom stereocenters. The average Bonchev–Trinajstić information content (AvgIpc) is 2.62. The van der Waals surface area contributed by atoms with E-state index in [0.717, 1.165) is 16.5 Å². The molecule has 0 aliphatic rings. The summed E-state index contributed by atoms with van der Waals surface area (Å²) in [6.45, 7) is 0. The minimum atomic E-state index is -0.213. The second-order valence-electron chi connectivity index (χ2n) is 3.11. The Labute approximate surface area is 191 Å². The monoisotopic (exact) mass is 486 g/mol. The van der Waals surface area contributed by atoms with E-state index in [-0.39, 0.29) is 119 Å². The van der Waals surface area contributed by atoms with Crippen molar-refractivity contribution < 1.29 is 108 Å². The van der Waals surface area contributed by atoms with E-state index in [0.29, 0.717) is 6.42 Å². The van der Waals surface area contributed by atoms with Crippen molar-refractivity contribution in [1.82, 2.24) is 4.98 Å². The molecule has 0 saturated carbocycles. The molecule has 3 radical (unpaired) electrons. The van der Waals surface area contributed by atoms with Gasteiger partial charge in [-0.25, -0.2) is 0 Å². The van der Waals surface area contributed by atoms with Crippen LogP contribution < -0.4 is 0 Å². The fourth-order valence-corrected chi connectivity index (χ4v) is 1.51. The van der Waals surface area contributed by atoms with Crippen LogP contribution >= 0.6 is 0 Å². The quantitative estimate of drug-likeness (QED) is 0.525. The molecule has 1 aromatic carbocycles. The zero-order chi connectivity index (χ0) is 9.97. The van der Waals surface area contributed by atoms with E-state index in [1.807, 2.05) is 30.5 Å². The summed E-state index contributed by atoms with van der Waals surface area (Å²) in [5.74, 6) is -0.213. The number of rotatable bonds is 2. The summed E-state index contributed by atoms with van der Waals surface area (Å²) in [7, 11) is 1.40. The topological polar surface area (TPSA) is 42.1 Å². The van der Waals surface area contributed by atoms with Crippen molar-refractivity contribution in [2.45, 2.75) is 6.42 Å². The van der Waals surface area contributed by atoms with Gasteiger partial charge in [0.05, 0.1) is 13.5 Å². The average molecular weight is 486 g/mol. The number of methoxy groups -OCH3 is 1. The number of carbonyl (C=O) groups excluding carboxylic acids is 1. The van der Waals surface area contributed by atoms with Crippen molar-refractivity contribution in [1.29, 1.82) is 0 Å². The number of nitrogens with one attached hydrogen (secondary N) is 1. The first-order valence-corrected chi connectivity index (χ1v) is 4.43. The molecule has 0 fully saturated rings. The molecule has 19 heavy (non-hydrogen) atoms. The Hall–Kier alpha value is 1.54. The van der Waals surface area contributed by atoms with Gasteiger partial charge in [-0.15, -0.1) is 0 Å². The summed E-state index contributed by atoms with van der Waals surface area (Å²) in [5, 5.41) is 1.08. The fraction of sp³-hybridized carbons (Fsp3) is 0.154.